The smallest absolute Gasteiger partial charge is 0.341 e. The van der Waals surface area contributed by atoms with Gasteiger partial charge in [-0.05, 0) is 55.0 Å². The standard InChI is InChI=1S/C24H22F7N3O4/c1-13(15-8-16(23(26,27)28)10-17(9-15)24(29,30)31)38-21-20(14-2-4-18(25)5-3-14)34(36,6-7-37-21)12-19-11-32-22(35)33-19/h2-5,8-11,13,20-21,36H,6-7,12H2,1H3,(H-,32,33,35)/p+1/t13-,20+,21-,34?/m1/s1. The van der Waals surface area contributed by atoms with E-state index in [0.717, 1.165) is 12.1 Å². The van der Waals surface area contributed by atoms with Crippen molar-refractivity contribution in [1.82, 2.24) is 9.97 Å². The minimum absolute atomic E-state index is 0.0158. The molecule has 206 valence electrons. The number of nitrogens with one attached hydrogen (secondary N) is 2. The number of rotatable bonds is 6. The molecule has 1 aliphatic rings. The molecule has 0 saturated carbocycles. The number of ether oxygens (including phenoxy) is 2. The molecule has 0 radical (unpaired) electrons. The van der Waals surface area contributed by atoms with Crippen LogP contribution >= 0.6 is 0 Å². The average molecular weight is 550 g/mol. The van der Waals surface area contributed by atoms with Crippen LogP contribution in [0.25, 0.3) is 0 Å². The van der Waals surface area contributed by atoms with E-state index in [9.17, 15) is 40.7 Å². The minimum Gasteiger partial charge on any atom is -0.341 e. The number of nitrogens with zero attached hydrogens (tertiary/aromatic N) is 1. The largest absolute Gasteiger partial charge is 0.416 e. The van der Waals surface area contributed by atoms with E-state index < -0.39 is 63.6 Å². The first kappa shape index (κ1) is 27.8. The van der Waals surface area contributed by atoms with Crippen molar-refractivity contribution in [2.75, 3.05) is 13.2 Å². The van der Waals surface area contributed by atoms with Gasteiger partial charge in [0.05, 0.1) is 22.9 Å². The number of hydrogen-bond acceptors (Lipinski definition) is 4. The van der Waals surface area contributed by atoms with Gasteiger partial charge in [-0.2, -0.15) is 31.0 Å². The number of halogens is 7. The Morgan fingerprint density at radius 1 is 1.08 bits per heavy atom. The summed E-state index contributed by atoms with van der Waals surface area (Å²) < 4.78 is 104. The van der Waals surface area contributed by atoms with Crippen molar-refractivity contribution in [3.8, 4) is 0 Å². The lowest BCUT2D eigenvalue weighted by atomic mass is 10.00. The lowest BCUT2D eigenvalue weighted by Gasteiger charge is -2.44. The fourth-order valence-electron chi connectivity index (χ4n) is 4.41. The number of aromatic amines is 2. The van der Waals surface area contributed by atoms with Gasteiger partial charge >= 0.3 is 18.0 Å². The third kappa shape index (κ3) is 6.09. The molecule has 3 aromatic rings. The van der Waals surface area contributed by atoms with Crippen LogP contribution in [-0.4, -0.2) is 39.3 Å². The van der Waals surface area contributed by atoms with Gasteiger partial charge in [0.15, 0.2) is 12.6 Å². The maximum atomic E-state index is 13.6. The van der Waals surface area contributed by atoms with Gasteiger partial charge in [-0.15, -0.1) is 0 Å². The van der Waals surface area contributed by atoms with Gasteiger partial charge in [-0.25, -0.2) is 14.4 Å². The predicted octanol–water partition coefficient (Wildman–Crippen LogP) is 5.46. The maximum absolute atomic E-state index is 13.6. The zero-order valence-corrected chi connectivity index (χ0v) is 19.7. The summed E-state index contributed by atoms with van der Waals surface area (Å²) >= 11 is 0. The number of alkyl halides is 6. The number of hydrogen-bond donors (Lipinski definition) is 3. The highest BCUT2D eigenvalue weighted by atomic mass is 19.4. The number of morpholine rings is 1. The summed E-state index contributed by atoms with van der Waals surface area (Å²) in [5.74, 6) is -0.578. The van der Waals surface area contributed by atoms with Gasteiger partial charge in [0.2, 0.25) is 6.29 Å². The number of benzene rings is 2. The second-order valence-corrected chi connectivity index (χ2v) is 8.99. The zero-order chi connectivity index (χ0) is 27.9. The SMILES string of the molecule is C[C@@H](O[C@H]1OCC[N+](O)(Cc2c[nH]c(=O)[nH]2)[C@H]1c1ccc(F)cc1)c1cc(C(F)(F)F)cc(C(F)(F)F)c1. The second kappa shape index (κ2) is 10.2. The van der Waals surface area contributed by atoms with E-state index in [1.807, 2.05) is 0 Å². The maximum Gasteiger partial charge on any atom is 0.416 e. The molecule has 0 spiro atoms. The Kier molecular flexibility index (Phi) is 7.45. The molecule has 2 aromatic carbocycles. The Labute approximate surface area is 211 Å². The summed E-state index contributed by atoms with van der Waals surface area (Å²) in [5, 5.41) is 11.6. The van der Waals surface area contributed by atoms with E-state index in [0.29, 0.717) is 23.4 Å². The van der Waals surface area contributed by atoms with Crippen molar-refractivity contribution < 1.29 is 50.1 Å². The first-order chi connectivity index (χ1) is 17.7. The van der Waals surface area contributed by atoms with E-state index in [1.54, 1.807) is 0 Å². The average Bonchev–Trinajstić information content (AvgIpc) is 3.22. The van der Waals surface area contributed by atoms with E-state index in [2.05, 4.69) is 9.97 Å². The third-order valence-corrected chi connectivity index (χ3v) is 6.26. The van der Waals surface area contributed by atoms with Crippen LogP contribution in [0.1, 0.15) is 47.0 Å². The van der Waals surface area contributed by atoms with Crippen LogP contribution in [0.5, 0.6) is 0 Å². The Hall–Kier alpha value is -3.20. The summed E-state index contributed by atoms with van der Waals surface area (Å²) in [6.07, 6.45) is -11.5. The molecule has 1 aliphatic heterocycles. The lowest BCUT2D eigenvalue weighted by molar-refractivity contribution is -1.14. The molecule has 1 aromatic heterocycles. The zero-order valence-electron chi connectivity index (χ0n) is 19.7. The summed E-state index contributed by atoms with van der Waals surface area (Å²) in [6.45, 7) is 0.965. The Balaban J connectivity index is 1.71. The molecule has 0 amide bonds. The molecule has 2 heterocycles. The molecule has 1 unspecified atom stereocenters. The van der Waals surface area contributed by atoms with Gasteiger partial charge in [-0.3, -0.25) is 0 Å². The van der Waals surface area contributed by atoms with Crippen LogP contribution < -0.4 is 5.69 Å². The van der Waals surface area contributed by atoms with Crippen molar-refractivity contribution in [2.24, 2.45) is 0 Å². The van der Waals surface area contributed by atoms with Crippen molar-refractivity contribution >= 4 is 0 Å². The second-order valence-electron chi connectivity index (χ2n) is 8.99. The van der Waals surface area contributed by atoms with Crippen molar-refractivity contribution in [3.05, 3.63) is 92.9 Å². The highest BCUT2D eigenvalue weighted by molar-refractivity contribution is 5.34. The number of imidazole rings is 1. The van der Waals surface area contributed by atoms with Crippen LogP contribution in [0, 0.1) is 5.82 Å². The molecule has 0 aliphatic carbocycles. The first-order valence-corrected chi connectivity index (χ1v) is 11.3. The predicted molar refractivity (Wildman–Crippen MR) is 117 cm³/mol. The number of hydroxylamine groups is 3. The topological polar surface area (TPSA) is 87.3 Å². The quantitative estimate of drug-likeness (QED) is 0.281. The molecule has 38 heavy (non-hydrogen) atoms. The van der Waals surface area contributed by atoms with Crippen LogP contribution in [0.2, 0.25) is 0 Å². The molecule has 14 heteroatoms. The van der Waals surface area contributed by atoms with Crippen LogP contribution in [0.4, 0.5) is 30.7 Å². The van der Waals surface area contributed by atoms with Crippen LogP contribution in [0.3, 0.4) is 0 Å². The molecule has 4 rings (SSSR count). The van der Waals surface area contributed by atoms with Gasteiger partial charge in [0, 0.05) is 11.8 Å². The monoisotopic (exact) mass is 550 g/mol. The molecule has 1 saturated heterocycles. The van der Waals surface area contributed by atoms with E-state index in [1.165, 1.54) is 25.3 Å². The molecule has 4 atom stereocenters. The van der Waals surface area contributed by atoms with E-state index in [4.69, 9.17) is 9.47 Å². The third-order valence-electron chi connectivity index (χ3n) is 6.26. The van der Waals surface area contributed by atoms with Crippen molar-refractivity contribution in [2.45, 2.75) is 44.3 Å². The number of aromatic nitrogens is 2. The fraction of sp³-hybridized carbons (Fsp3) is 0.375. The van der Waals surface area contributed by atoms with Crippen molar-refractivity contribution in [3.63, 3.8) is 0 Å². The van der Waals surface area contributed by atoms with E-state index in [-0.39, 0.29) is 25.8 Å². The highest BCUT2D eigenvalue weighted by Gasteiger charge is 2.49. The molecule has 3 N–H and O–H groups in total. The number of quaternary nitrogens is 1. The molecule has 7 nitrogen and oxygen atoms in total. The van der Waals surface area contributed by atoms with Crippen molar-refractivity contribution in [1.29, 1.82) is 0 Å². The van der Waals surface area contributed by atoms with E-state index >= 15 is 0 Å². The Bertz CT molecular complexity index is 1290. The molecular weight excluding hydrogens is 527 g/mol. The van der Waals surface area contributed by atoms with Gasteiger partial charge in [0.25, 0.3) is 0 Å². The minimum atomic E-state index is -5.04. The Morgan fingerprint density at radius 2 is 1.68 bits per heavy atom. The highest BCUT2D eigenvalue weighted by Crippen LogP contribution is 2.41. The first-order valence-electron chi connectivity index (χ1n) is 11.3. The molecule has 0 bridgehead atoms. The normalized spacial score (nSPS) is 23.4. The van der Waals surface area contributed by atoms with Crippen LogP contribution in [-0.2, 0) is 28.4 Å². The summed E-state index contributed by atoms with van der Waals surface area (Å²) in [7, 11) is 0. The molecule has 1 fully saturated rings. The Morgan fingerprint density at radius 3 is 2.21 bits per heavy atom. The van der Waals surface area contributed by atoms with Gasteiger partial charge < -0.3 is 19.4 Å². The summed E-state index contributed by atoms with van der Waals surface area (Å²) in [6, 6.07) is 4.96. The van der Waals surface area contributed by atoms with Crippen LogP contribution in [0.15, 0.2) is 53.5 Å². The fourth-order valence-corrected chi connectivity index (χ4v) is 4.41. The summed E-state index contributed by atoms with van der Waals surface area (Å²) in [5.41, 5.74) is -3.30. The summed E-state index contributed by atoms with van der Waals surface area (Å²) in [4.78, 5) is 16.5. The van der Waals surface area contributed by atoms with Gasteiger partial charge in [-0.1, -0.05) is 0 Å². The lowest BCUT2D eigenvalue weighted by Crippen LogP contribution is -2.58. The van der Waals surface area contributed by atoms with Gasteiger partial charge in [0.1, 0.15) is 19.0 Å². The number of H-pyrrole nitrogens is 2. The molecular formula is C24H23F7N3O4+.